The highest BCUT2D eigenvalue weighted by atomic mass is 32.1. The highest BCUT2D eigenvalue weighted by Gasteiger charge is 2.17. The number of ether oxygens (including phenoxy) is 2. The number of aromatic nitrogens is 2. The first-order valence-electron chi connectivity index (χ1n) is 4.65. The molecule has 1 heterocycles. The molecule has 0 saturated carbocycles. The number of para-hydroxylation sites is 2. The molecule has 0 atom stereocenters. The Kier molecular flexibility index (Phi) is 3.20. The van der Waals surface area contributed by atoms with Crippen molar-refractivity contribution in [3.8, 4) is 11.5 Å². The van der Waals surface area contributed by atoms with E-state index in [1.54, 1.807) is 24.3 Å². The van der Waals surface area contributed by atoms with Crippen molar-refractivity contribution < 1.29 is 14.3 Å². The molecule has 0 aliphatic carbocycles. The number of nitrogens with two attached hydrogens (primary N) is 1. The SMILES string of the molecule is COc1ccccc1OC(=O)c1snnc1N. The molecule has 0 saturated heterocycles. The summed E-state index contributed by atoms with van der Waals surface area (Å²) in [5, 5.41) is 3.54. The van der Waals surface area contributed by atoms with Gasteiger partial charge in [-0.15, -0.1) is 5.10 Å². The van der Waals surface area contributed by atoms with Crippen molar-refractivity contribution in [1.29, 1.82) is 0 Å². The normalized spacial score (nSPS) is 9.94. The molecular formula is C10H9N3O3S. The lowest BCUT2D eigenvalue weighted by atomic mass is 10.3. The minimum absolute atomic E-state index is 0.0647. The first-order valence-corrected chi connectivity index (χ1v) is 5.42. The number of rotatable bonds is 3. The second-order valence-corrected chi connectivity index (χ2v) is 3.78. The van der Waals surface area contributed by atoms with E-state index in [1.807, 2.05) is 0 Å². The first kappa shape index (κ1) is 11.3. The Morgan fingerprint density at radius 2 is 2.06 bits per heavy atom. The number of carbonyl (C=O) groups excluding carboxylic acids is 1. The van der Waals surface area contributed by atoms with E-state index >= 15 is 0 Å². The molecule has 2 rings (SSSR count). The van der Waals surface area contributed by atoms with E-state index in [2.05, 4.69) is 9.59 Å². The molecule has 0 aliphatic heterocycles. The molecule has 0 unspecified atom stereocenters. The Labute approximate surface area is 101 Å². The fourth-order valence-electron chi connectivity index (χ4n) is 1.19. The zero-order chi connectivity index (χ0) is 12.3. The van der Waals surface area contributed by atoms with Crippen LogP contribution in [0.1, 0.15) is 9.67 Å². The predicted molar refractivity (Wildman–Crippen MR) is 62.3 cm³/mol. The van der Waals surface area contributed by atoms with Gasteiger partial charge in [-0.2, -0.15) is 0 Å². The molecule has 2 N–H and O–H groups in total. The number of nitrogens with zero attached hydrogens (tertiary/aromatic N) is 2. The van der Waals surface area contributed by atoms with Crippen molar-refractivity contribution in [2.24, 2.45) is 0 Å². The molecule has 0 fully saturated rings. The molecule has 2 aromatic rings. The van der Waals surface area contributed by atoms with Gasteiger partial charge in [0.25, 0.3) is 0 Å². The Hall–Kier alpha value is -2.15. The number of carbonyl (C=O) groups is 1. The Bertz CT molecular complexity index is 541. The molecule has 88 valence electrons. The topological polar surface area (TPSA) is 87.3 Å². The quantitative estimate of drug-likeness (QED) is 0.654. The van der Waals surface area contributed by atoms with Gasteiger partial charge in [-0.1, -0.05) is 16.6 Å². The van der Waals surface area contributed by atoms with Gasteiger partial charge >= 0.3 is 5.97 Å². The van der Waals surface area contributed by atoms with Crippen LogP contribution >= 0.6 is 11.5 Å². The zero-order valence-corrected chi connectivity index (χ0v) is 9.73. The van der Waals surface area contributed by atoms with Crippen LogP contribution in [0.25, 0.3) is 0 Å². The standard InChI is InChI=1S/C10H9N3O3S/c1-15-6-4-2-3-5-7(6)16-10(14)8-9(11)12-13-17-8/h2-5H,11H2,1H3. The van der Waals surface area contributed by atoms with E-state index < -0.39 is 5.97 Å². The third-order valence-electron chi connectivity index (χ3n) is 1.97. The van der Waals surface area contributed by atoms with Gasteiger partial charge in [0.1, 0.15) is 0 Å². The van der Waals surface area contributed by atoms with E-state index in [0.717, 1.165) is 11.5 Å². The summed E-state index contributed by atoms with van der Waals surface area (Å²) in [6, 6.07) is 6.83. The second kappa shape index (κ2) is 4.79. The highest BCUT2D eigenvalue weighted by molar-refractivity contribution is 7.08. The molecule has 17 heavy (non-hydrogen) atoms. The van der Waals surface area contributed by atoms with E-state index in [0.29, 0.717) is 11.5 Å². The number of esters is 1. The Balaban J connectivity index is 2.22. The summed E-state index contributed by atoms with van der Waals surface area (Å²) in [4.78, 5) is 11.9. The van der Waals surface area contributed by atoms with Crippen LogP contribution < -0.4 is 15.2 Å². The van der Waals surface area contributed by atoms with Gasteiger partial charge in [0, 0.05) is 0 Å². The maximum absolute atomic E-state index is 11.7. The molecule has 7 heteroatoms. The van der Waals surface area contributed by atoms with Gasteiger partial charge in [-0.05, 0) is 23.7 Å². The molecule has 6 nitrogen and oxygen atoms in total. The molecule has 1 aromatic heterocycles. The number of nitrogen functional groups attached to an aromatic ring is 1. The van der Waals surface area contributed by atoms with Gasteiger partial charge in [0.2, 0.25) is 0 Å². The highest BCUT2D eigenvalue weighted by Crippen LogP contribution is 2.27. The monoisotopic (exact) mass is 251 g/mol. The van der Waals surface area contributed by atoms with Crippen LogP contribution in [0, 0.1) is 0 Å². The van der Waals surface area contributed by atoms with Crippen molar-refractivity contribution in [3.63, 3.8) is 0 Å². The predicted octanol–water partition coefficient (Wildman–Crippen LogP) is 1.35. The van der Waals surface area contributed by atoms with E-state index in [1.165, 1.54) is 7.11 Å². The fourth-order valence-corrected chi connectivity index (χ4v) is 1.65. The summed E-state index contributed by atoms with van der Waals surface area (Å²) in [5.74, 6) is 0.265. The third kappa shape index (κ3) is 2.34. The summed E-state index contributed by atoms with van der Waals surface area (Å²) in [6.45, 7) is 0. The van der Waals surface area contributed by atoms with Gasteiger partial charge in [0.15, 0.2) is 22.2 Å². The van der Waals surface area contributed by atoms with Crippen molar-refractivity contribution in [3.05, 3.63) is 29.1 Å². The largest absolute Gasteiger partial charge is 0.493 e. The lowest BCUT2D eigenvalue weighted by Gasteiger charge is -2.07. The number of anilines is 1. The fraction of sp³-hybridized carbons (Fsp3) is 0.100. The van der Waals surface area contributed by atoms with E-state index in [4.69, 9.17) is 15.2 Å². The molecule has 0 spiro atoms. The number of hydrogen-bond donors (Lipinski definition) is 1. The van der Waals surface area contributed by atoms with Crippen molar-refractivity contribution in [2.45, 2.75) is 0 Å². The summed E-state index contributed by atoms with van der Waals surface area (Å²) < 4.78 is 13.8. The molecule has 0 bridgehead atoms. The minimum Gasteiger partial charge on any atom is -0.493 e. The van der Waals surface area contributed by atoms with Crippen molar-refractivity contribution in [1.82, 2.24) is 9.59 Å². The van der Waals surface area contributed by atoms with Crippen LogP contribution in [-0.4, -0.2) is 22.7 Å². The Morgan fingerprint density at radius 3 is 2.65 bits per heavy atom. The van der Waals surface area contributed by atoms with Gasteiger partial charge in [-0.25, -0.2) is 4.79 Å². The number of methoxy groups -OCH3 is 1. The zero-order valence-electron chi connectivity index (χ0n) is 8.91. The van der Waals surface area contributed by atoms with Crippen LogP contribution in [0.15, 0.2) is 24.3 Å². The first-order chi connectivity index (χ1) is 8.22. The summed E-state index contributed by atoms with van der Waals surface area (Å²) >= 11 is 0.889. The Morgan fingerprint density at radius 1 is 1.35 bits per heavy atom. The summed E-state index contributed by atoms with van der Waals surface area (Å²) in [7, 11) is 1.50. The lowest BCUT2D eigenvalue weighted by molar-refractivity contribution is 0.0735. The van der Waals surface area contributed by atoms with Crippen molar-refractivity contribution in [2.75, 3.05) is 12.8 Å². The van der Waals surface area contributed by atoms with Crippen LogP contribution in [0.4, 0.5) is 5.82 Å². The smallest absolute Gasteiger partial charge is 0.359 e. The second-order valence-electron chi connectivity index (χ2n) is 3.03. The molecular weight excluding hydrogens is 242 g/mol. The van der Waals surface area contributed by atoms with Gasteiger partial charge in [-0.3, -0.25) is 0 Å². The van der Waals surface area contributed by atoms with Crippen LogP contribution in [0.5, 0.6) is 11.5 Å². The third-order valence-corrected chi connectivity index (χ3v) is 2.69. The van der Waals surface area contributed by atoms with Crippen LogP contribution in [0.2, 0.25) is 0 Å². The van der Waals surface area contributed by atoms with Crippen LogP contribution in [-0.2, 0) is 0 Å². The summed E-state index contributed by atoms with van der Waals surface area (Å²) in [6.07, 6.45) is 0. The number of benzene rings is 1. The lowest BCUT2D eigenvalue weighted by Crippen LogP contribution is -2.09. The van der Waals surface area contributed by atoms with Gasteiger partial charge in [0.05, 0.1) is 7.11 Å². The average molecular weight is 251 g/mol. The molecule has 0 radical (unpaired) electrons. The molecule has 1 aromatic carbocycles. The van der Waals surface area contributed by atoms with Gasteiger partial charge < -0.3 is 15.2 Å². The summed E-state index contributed by atoms with van der Waals surface area (Å²) in [5.41, 5.74) is 5.47. The maximum Gasteiger partial charge on any atom is 0.359 e. The van der Waals surface area contributed by atoms with E-state index in [-0.39, 0.29) is 10.7 Å². The maximum atomic E-state index is 11.7. The van der Waals surface area contributed by atoms with Crippen LogP contribution in [0.3, 0.4) is 0 Å². The molecule has 0 amide bonds. The number of hydrogen-bond acceptors (Lipinski definition) is 7. The minimum atomic E-state index is -0.595. The van der Waals surface area contributed by atoms with E-state index in [9.17, 15) is 4.79 Å². The average Bonchev–Trinajstić information content (AvgIpc) is 2.76. The molecule has 0 aliphatic rings. The van der Waals surface area contributed by atoms with Crippen molar-refractivity contribution >= 4 is 23.3 Å².